The van der Waals surface area contributed by atoms with Crippen LogP contribution in [0.3, 0.4) is 0 Å². The second-order valence-electron chi connectivity index (χ2n) is 6.03. The molecule has 5 nitrogen and oxygen atoms in total. The van der Waals surface area contributed by atoms with Crippen molar-refractivity contribution < 1.29 is 9.47 Å². The predicted molar refractivity (Wildman–Crippen MR) is 114 cm³/mol. The van der Waals surface area contributed by atoms with Crippen LogP contribution >= 0.6 is 35.0 Å². The third-order valence-electron chi connectivity index (χ3n) is 4.15. The zero-order chi connectivity index (χ0) is 20.1. The fourth-order valence-electron chi connectivity index (χ4n) is 2.74. The Balaban J connectivity index is 1.74. The smallest absolute Gasteiger partial charge is 0.191 e. The summed E-state index contributed by atoms with van der Waals surface area (Å²) < 4.78 is 13.5. The lowest BCUT2D eigenvalue weighted by Gasteiger charge is -2.17. The minimum Gasteiger partial charge on any atom is -0.493 e. The second kappa shape index (κ2) is 9.54. The molecule has 1 unspecified atom stereocenters. The monoisotopic (exact) mass is 437 g/mol. The van der Waals surface area contributed by atoms with Gasteiger partial charge in [0.1, 0.15) is 0 Å². The van der Waals surface area contributed by atoms with Crippen molar-refractivity contribution in [1.29, 1.82) is 0 Å². The molecule has 3 rings (SSSR count). The first-order valence-corrected chi connectivity index (χ1v) is 10.6. The maximum atomic E-state index is 6.10. The molecule has 0 aliphatic rings. The maximum Gasteiger partial charge on any atom is 0.191 e. The summed E-state index contributed by atoms with van der Waals surface area (Å²) in [6.07, 6.45) is -0.275. The van der Waals surface area contributed by atoms with Gasteiger partial charge in [0, 0.05) is 12.3 Å². The molecule has 0 aliphatic carbocycles. The van der Waals surface area contributed by atoms with Crippen LogP contribution in [0, 0.1) is 0 Å². The molecule has 28 heavy (non-hydrogen) atoms. The lowest BCUT2D eigenvalue weighted by Crippen LogP contribution is -2.12. The lowest BCUT2D eigenvalue weighted by atomic mass is 10.2. The average Bonchev–Trinajstić information content (AvgIpc) is 3.12. The van der Waals surface area contributed by atoms with Gasteiger partial charge in [0.2, 0.25) is 0 Å². The molecule has 0 N–H and O–H groups in total. The van der Waals surface area contributed by atoms with E-state index in [1.54, 1.807) is 24.9 Å². The molecule has 2 aromatic carbocycles. The zero-order valence-corrected chi connectivity index (χ0v) is 18.2. The van der Waals surface area contributed by atoms with E-state index in [9.17, 15) is 0 Å². The highest BCUT2D eigenvalue weighted by Crippen LogP contribution is 2.32. The Labute approximate surface area is 179 Å². The van der Waals surface area contributed by atoms with Crippen molar-refractivity contribution in [2.24, 2.45) is 0 Å². The number of benzene rings is 2. The zero-order valence-electron chi connectivity index (χ0n) is 15.9. The average molecular weight is 438 g/mol. The highest BCUT2D eigenvalue weighted by Gasteiger charge is 2.20. The van der Waals surface area contributed by atoms with Gasteiger partial charge in [-0.3, -0.25) is 0 Å². The number of thioether (sulfide) groups is 1. The Morgan fingerprint density at radius 3 is 2.50 bits per heavy atom. The van der Waals surface area contributed by atoms with E-state index < -0.39 is 0 Å². The van der Waals surface area contributed by atoms with Gasteiger partial charge < -0.3 is 14.0 Å². The largest absolute Gasteiger partial charge is 0.493 e. The SMILES string of the molecule is CCn1c(SCc2ccc(Cl)c(Cl)c2)nnc1C(C)Oc1ccccc1OC. The Morgan fingerprint density at radius 2 is 1.82 bits per heavy atom. The van der Waals surface area contributed by atoms with Gasteiger partial charge in [-0.25, -0.2) is 0 Å². The Hall–Kier alpha value is -1.89. The van der Waals surface area contributed by atoms with E-state index in [0.717, 1.165) is 28.8 Å². The number of nitrogens with zero attached hydrogens (tertiary/aromatic N) is 3. The first-order chi connectivity index (χ1) is 13.5. The molecule has 3 aromatic rings. The molecule has 0 radical (unpaired) electrons. The number of hydrogen-bond donors (Lipinski definition) is 0. The molecule has 0 spiro atoms. The van der Waals surface area contributed by atoms with Crippen molar-refractivity contribution >= 4 is 35.0 Å². The van der Waals surface area contributed by atoms with Crippen LogP contribution in [-0.2, 0) is 12.3 Å². The third-order valence-corrected chi connectivity index (χ3v) is 5.93. The molecule has 1 aromatic heterocycles. The first kappa shape index (κ1) is 20.8. The summed E-state index contributed by atoms with van der Waals surface area (Å²) in [4.78, 5) is 0. The number of halogens is 2. The molecule has 0 fully saturated rings. The fourth-order valence-corrected chi connectivity index (χ4v) is 4.01. The van der Waals surface area contributed by atoms with Crippen molar-refractivity contribution in [2.45, 2.75) is 37.4 Å². The molecular weight excluding hydrogens is 417 g/mol. The summed E-state index contributed by atoms with van der Waals surface area (Å²) in [7, 11) is 1.62. The van der Waals surface area contributed by atoms with E-state index in [1.807, 2.05) is 43.3 Å². The van der Waals surface area contributed by atoms with Crippen LogP contribution in [0.5, 0.6) is 11.5 Å². The van der Waals surface area contributed by atoms with E-state index in [-0.39, 0.29) is 6.10 Å². The molecule has 0 amide bonds. The van der Waals surface area contributed by atoms with Crippen molar-refractivity contribution in [1.82, 2.24) is 14.8 Å². The minimum absolute atomic E-state index is 0.275. The van der Waals surface area contributed by atoms with Gasteiger partial charge in [0.05, 0.1) is 17.2 Å². The van der Waals surface area contributed by atoms with Crippen LogP contribution in [0.2, 0.25) is 10.0 Å². The molecule has 0 saturated heterocycles. The molecule has 8 heteroatoms. The Kier molecular flexibility index (Phi) is 7.10. The minimum atomic E-state index is -0.275. The Morgan fingerprint density at radius 1 is 1.07 bits per heavy atom. The number of ether oxygens (including phenoxy) is 2. The van der Waals surface area contributed by atoms with E-state index >= 15 is 0 Å². The van der Waals surface area contributed by atoms with Crippen molar-refractivity contribution in [2.75, 3.05) is 7.11 Å². The molecule has 0 aliphatic heterocycles. The van der Waals surface area contributed by atoms with Crippen LogP contribution < -0.4 is 9.47 Å². The van der Waals surface area contributed by atoms with Crippen LogP contribution in [0.25, 0.3) is 0 Å². The summed E-state index contributed by atoms with van der Waals surface area (Å²) in [5.41, 5.74) is 1.07. The van der Waals surface area contributed by atoms with Gasteiger partial charge in [-0.1, -0.05) is 53.2 Å². The number of hydrogen-bond acceptors (Lipinski definition) is 5. The van der Waals surface area contributed by atoms with Crippen molar-refractivity contribution in [3.05, 3.63) is 63.9 Å². The number of rotatable bonds is 8. The molecule has 0 saturated carbocycles. The van der Waals surface area contributed by atoms with Gasteiger partial charge in [-0.2, -0.15) is 0 Å². The van der Waals surface area contributed by atoms with Crippen LogP contribution in [-0.4, -0.2) is 21.9 Å². The summed E-state index contributed by atoms with van der Waals surface area (Å²) in [6, 6.07) is 13.2. The topological polar surface area (TPSA) is 49.2 Å². The van der Waals surface area contributed by atoms with Crippen LogP contribution in [0.1, 0.15) is 31.3 Å². The summed E-state index contributed by atoms with van der Waals surface area (Å²) in [6.45, 7) is 4.76. The first-order valence-electron chi connectivity index (χ1n) is 8.83. The quantitative estimate of drug-likeness (QED) is 0.401. The van der Waals surface area contributed by atoms with Crippen LogP contribution in [0.4, 0.5) is 0 Å². The lowest BCUT2D eigenvalue weighted by molar-refractivity contribution is 0.200. The number of aromatic nitrogens is 3. The van der Waals surface area contributed by atoms with Gasteiger partial charge in [0.15, 0.2) is 28.6 Å². The highest BCUT2D eigenvalue weighted by molar-refractivity contribution is 7.98. The van der Waals surface area contributed by atoms with Crippen molar-refractivity contribution in [3.8, 4) is 11.5 Å². The van der Waals surface area contributed by atoms with Crippen LogP contribution in [0.15, 0.2) is 47.6 Å². The Bertz CT molecular complexity index is 949. The van der Waals surface area contributed by atoms with E-state index in [0.29, 0.717) is 21.5 Å². The normalized spacial score (nSPS) is 12.0. The highest BCUT2D eigenvalue weighted by atomic mass is 35.5. The number of para-hydroxylation sites is 2. The molecule has 1 atom stereocenters. The van der Waals surface area contributed by atoms with E-state index in [2.05, 4.69) is 21.7 Å². The summed E-state index contributed by atoms with van der Waals surface area (Å²) >= 11 is 13.7. The number of methoxy groups -OCH3 is 1. The van der Waals surface area contributed by atoms with Gasteiger partial charge in [-0.05, 0) is 43.7 Å². The van der Waals surface area contributed by atoms with Gasteiger partial charge in [0.25, 0.3) is 0 Å². The molecular formula is C20H21Cl2N3O2S. The van der Waals surface area contributed by atoms with E-state index in [4.69, 9.17) is 32.7 Å². The van der Waals surface area contributed by atoms with Crippen molar-refractivity contribution in [3.63, 3.8) is 0 Å². The summed E-state index contributed by atoms with van der Waals surface area (Å²) in [5.74, 6) is 2.85. The predicted octanol–water partition coefficient (Wildman–Crippen LogP) is 6.05. The molecule has 148 valence electrons. The van der Waals surface area contributed by atoms with E-state index in [1.165, 1.54) is 0 Å². The maximum absolute atomic E-state index is 6.10. The molecule has 0 bridgehead atoms. The second-order valence-corrected chi connectivity index (χ2v) is 7.79. The van der Waals surface area contributed by atoms with Gasteiger partial charge in [-0.15, -0.1) is 10.2 Å². The fraction of sp³-hybridized carbons (Fsp3) is 0.300. The summed E-state index contributed by atoms with van der Waals surface area (Å²) in [5, 5.41) is 10.7. The standard InChI is InChI=1S/C20H21Cl2N3O2S/c1-4-25-19(13(2)27-18-8-6-5-7-17(18)26-3)23-24-20(25)28-12-14-9-10-15(21)16(22)11-14/h5-11,13H,4,12H2,1-3H3. The molecule has 1 heterocycles. The van der Waals surface area contributed by atoms with Gasteiger partial charge >= 0.3 is 0 Å². The third kappa shape index (κ3) is 4.74.